The summed E-state index contributed by atoms with van der Waals surface area (Å²) in [6.07, 6.45) is 3.77. The summed E-state index contributed by atoms with van der Waals surface area (Å²) in [6, 6.07) is 21.2. The smallest absolute Gasteiger partial charge is 0.240 e. The average molecular weight is 395 g/mol. The Hall–Kier alpha value is -2.21. The molecule has 0 bridgehead atoms. The molecule has 0 amide bonds. The van der Waals surface area contributed by atoms with E-state index in [-0.39, 0.29) is 11.5 Å². The van der Waals surface area contributed by atoms with Gasteiger partial charge in [0, 0.05) is 12.8 Å². The lowest BCUT2D eigenvalue weighted by atomic mass is 9.87. The van der Waals surface area contributed by atoms with Gasteiger partial charge in [0.1, 0.15) is 6.73 Å². The van der Waals surface area contributed by atoms with Crippen molar-refractivity contribution < 1.29 is 9.16 Å². The molecule has 2 aromatic carbocycles. The van der Waals surface area contributed by atoms with Crippen LogP contribution in [-0.2, 0) is 15.9 Å². The predicted octanol–water partition coefficient (Wildman–Crippen LogP) is 3.52. The number of hydrogen-bond donors (Lipinski definition) is 0. The summed E-state index contributed by atoms with van der Waals surface area (Å²) in [6.45, 7) is 9.82. The summed E-state index contributed by atoms with van der Waals surface area (Å²) in [5, 5.41) is 2.55. The number of imidazole rings is 1. The van der Waals surface area contributed by atoms with E-state index in [4.69, 9.17) is 9.16 Å². The van der Waals surface area contributed by atoms with Gasteiger partial charge in [0.2, 0.25) is 9.04 Å². The van der Waals surface area contributed by atoms with Crippen LogP contribution in [-0.4, -0.2) is 25.2 Å². The molecule has 3 rings (SSSR count). The first-order valence-corrected chi connectivity index (χ1v) is 11.5. The van der Waals surface area contributed by atoms with Gasteiger partial charge >= 0.3 is 0 Å². The molecule has 1 aromatic heterocycles. The quantitative estimate of drug-likeness (QED) is 0.549. The largest absolute Gasteiger partial charge is 0.402 e. The van der Waals surface area contributed by atoms with E-state index in [1.807, 2.05) is 24.0 Å². The average Bonchev–Trinajstić information content (AvgIpc) is 3.16. The normalized spacial score (nSPS) is 13.0. The fourth-order valence-corrected chi connectivity index (χ4v) is 5.90. The van der Waals surface area contributed by atoms with Crippen molar-refractivity contribution in [2.45, 2.75) is 40.5 Å². The Morgan fingerprint density at radius 2 is 1.54 bits per heavy atom. The van der Waals surface area contributed by atoms with Gasteiger partial charge in [-0.2, -0.15) is 0 Å². The van der Waals surface area contributed by atoms with E-state index in [0.29, 0.717) is 13.3 Å². The molecule has 0 aliphatic rings. The SMILES string of the molecule is CCOCn1cnc(C(O[SiH](c2ccccc2)c2ccccc2)C(C)(C)C)c1. The highest BCUT2D eigenvalue weighted by atomic mass is 28.3. The van der Waals surface area contributed by atoms with E-state index in [9.17, 15) is 0 Å². The van der Waals surface area contributed by atoms with Crippen molar-refractivity contribution in [3.8, 4) is 0 Å². The molecular formula is C23H30N2O2Si. The van der Waals surface area contributed by atoms with Crippen LogP contribution in [0.5, 0.6) is 0 Å². The standard InChI is InChI=1S/C23H30N2O2Si/c1-5-26-18-25-16-21(24-17-25)22(23(2,3)4)27-28(19-12-8-6-9-13-19)20-14-10-7-11-15-20/h6-17,22,28H,5,18H2,1-4H3. The zero-order valence-electron chi connectivity index (χ0n) is 17.2. The van der Waals surface area contributed by atoms with E-state index in [1.54, 1.807) is 0 Å². The van der Waals surface area contributed by atoms with E-state index >= 15 is 0 Å². The Balaban J connectivity index is 1.94. The highest BCUT2D eigenvalue weighted by Gasteiger charge is 2.33. The number of ether oxygens (including phenoxy) is 1. The first kappa shape index (κ1) is 20.5. The van der Waals surface area contributed by atoms with Crippen LogP contribution in [0.2, 0.25) is 0 Å². The molecule has 28 heavy (non-hydrogen) atoms. The van der Waals surface area contributed by atoms with Crippen LogP contribution in [0.1, 0.15) is 39.5 Å². The fourth-order valence-electron chi connectivity index (χ4n) is 3.24. The summed E-state index contributed by atoms with van der Waals surface area (Å²) >= 11 is 0. The van der Waals surface area contributed by atoms with Gasteiger partial charge < -0.3 is 13.7 Å². The van der Waals surface area contributed by atoms with Crippen LogP contribution >= 0.6 is 0 Å². The van der Waals surface area contributed by atoms with E-state index in [2.05, 4.69) is 86.4 Å². The third kappa shape index (κ3) is 5.19. The summed E-state index contributed by atoms with van der Waals surface area (Å²) < 4.78 is 14.4. The van der Waals surface area contributed by atoms with Gasteiger partial charge in [0.15, 0.2) is 0 Å². The molecule has 0 spiro atoms. The van der Waals surface area contributed by atoms with Crippen molar-refractivity contribution in [1.82, 2.24) is 9.55 Å². The van der Waals surface area contributed by atoms with Gasteiger partial charge in [-0.05, 0) is 22.7 Å². The van der Waals surface area contributed by atoms with Crippen molar-refractivity contribution in [2.75, 3.05) is 6.61 Å². The van der Waals surface area contributed by atoms with Crippen LogP contribution in [0.4, 0.5) is 0 Å². The number of aromatic nitrogens is 2. The van der Waals surface area contributed by atoms with E-state index < -0.39 is 9.04 Å². The van der Waals surface area contributed by atoms with Crippen molar-refractivity contribution in [3.05, 3.63) is 78.9 Å². The van der Waals surface area contributed by atoms with Crippen LogP contribution in [0.15, 0.2) is 73.2 Å². The third-order valence-electron chi connectivity index (χ3n) is 4.63. The third-order valence-corrected chi connectivity index (χ3v) is 7.15. The number of benzene rings is 2. The van der Waals surface area contributed by atoms with E-state index in [1.165, 1.54) is 10.4 Å². The van der Waals surface area contributed by atoms with Crippen LogP contribution in [0, 0.1) is 5.41 Å². The lowest BCUT2D eigenvalue weighted by Crippen LogP contribution is -2.47. The molecule has 0 saturated carbocycles. The van der Waals surface area contributed by atoms with Gasteiger partial charge in [-0.15, -0.1) is 0 Å². The predicted molar refractivity (Wildman–Crippen MR) is 116 cm³/mol. The molecule has 1 heterocycles. The van der Waals surface area contributed by atoms with Crippen molar-refractivity contribution >= 4 is 19.4 Å². The summed E-state index contributed by atoms with van der Waals surface area (Å²) in [4.78, 5) is 4.66. The van der Waals surface area contributed by atoms with Crippen LogP contribution in [0.3, 0.4) is 0 Å². The maximum atomic E-state index is 6.91. The molecule has 1 atom stereocenters. The molecule has 3 aromatic rings. The molecule has 148 valence electrons. The number of hydrogen-bond acceptors (Lipinski definition) is 3. The van der Waals surface area contributed by atoms with Crippen molar-refractivity contribution in [1.29, 1.82) is 0 Å². The molecule has 0 saturated heterocycles. The zero-order valence-corrected chi connectivity index (χ0v) is 18.4. The minimum absolute atomic E-state index is 0.0837. The summed E-state index contributed by atoms with van der Waals surface area (Å²) in [7, 11) is -1.87. The number of nitrogens with zero attached hydrogens (tertiary/aromatic N) is 2. The Bertz CT molecular complexity index is 804. The molecule has 4 nitrogen and oxygen atoms in total. The second kappa shape index (κ2) is 9.32. The second-order valence-corrected chi connectivity index (χ2v) is 10.4. The Morgan fingerprint density at radius 1 is 0.964 bits per heavy atom. The molecule has 1 unspecified atom stereocenters. The highest BCUT2D eigenvalue weighted by molar-refractivity contribution is 6.80. The number of rotatable bonds is 8. The molecule has 0 aliphatic heterocycles. The van der Waals surface area contributed by atoms with Gasteiger partial charge in [-0.1, -0.05) is 81.4 Å². The maximum Gasteiger partial charge on any atom is 0.240 e. The van der Waals surface area contributed by atoms with Gasteiger partial charge in [-0.3, -0.25) is 0 Å². The molecule has 0 fully saturated rings. The fraction of sp³-hybridized carbons (Fsp3) is 0.348. The molecule has 0 radical (unpaired) electrons. The molecule has 0 aliphatic carbocycles. The summed E-state index contributed by atoms with van der Waals surface area (Å²) in [5.41, 5.74) is 0.871. The van der Waals surface area contributed by atoms with Gasteiger partial charge in [-0.25, -0.2) is 4.98 Å². The minimum atomic E-state index is -1.87. The first-order valence-electron chi connectivity index (χ1n) is 9.84. The molecular weight excluding hydrogens is 364 g/mol. The second-order valence-electron chi connectivity index (χ2n) is 8.02. The molecule has 5 heteroatoms. The topological polar surface area (TPSA) is 36.3 Å². The summed E-state index contributed by atoms with van der Waals surface area (Å²) in [5.74, 6) is 0. The molecule has 0 N–H and O–H groups in total. The van der Waals surface area contributed by atoms with Crippen molar-refractivity contribution in [2.24, 2.45) is 5.41 Å². The van der Waals surface area contributed by atoms with Crippen LogP contribution in [0.25, 0.3) is 0 Å². The monoisotopic (exact) mass is 394 g/mol. The Kier molecular flexibility index (Phi) is 6.83. The minimum Gasteiger partial charge on any atom is -0.402 e. The van der Waals surface area contributed by atoms with Crippen molar-refractivity contribution in [3.63, 3.8) is 0 Å². The first-order chi connectivity index (χ1) is 13.5. The lowest BCUT2D eigenvalue weighted by Gasteiger charge is -2.33. The van der Waals surface area contributed by atoms with Gasteiger partial charge in [0.25, 0.3) is 0 Å². The highest BCUT2D eigenvalue weighted by Crippen LogP contribution is 2.35. The lowest BCUT2D eigenvalue weighted by molar-refractivity contribution is 0.0817. The zero-order chi connectivity index (χ0) is 20.0. The Morgan fingerprint density at radius 3 is 2.04 bits per heavy atom. The van der Waals surface area contributed by atoms with Gasteiger partial charge in [0.05, 0.1) is 18.1 Å². The van der Waals surface area contributed by atoms with Crippen LogP contribution < -0.4 is 10.4 Å². The Labute approximate surface area is 169 Å². The van der Waals surface area contributed by atoms with E-state index in [0.717, 1.165) is 5.69 Å². The maximum absolute atomic E-state index is 6.91.